The van der Waals surface area contributed by atoms with Crippen LogP contribution in [0.15, 0.2) is 12.2 Å². The number of rotatable bonds is 25. The van der Waals surface area contributed by atoms with Crippen LogP contribution in [0, 0.1) is 0 Å². The van der Waals surface area contributed by atoms with E-state index < -0.39 is 0 Å². The summed E-state index contributed by atoms with van der Waals surface area (Å²) in [6.45, 7) is 5.27. The van der Waals surface area contributed by atoms with Crippen LogP contribution in [0.2, 0.25) is 0 Å². The Morgan fingerprint density at radius 3 is 1.39 bits per heavy atom. The third-order valence-electron chi connectivity index (χ3n) is 5.97. The van der Waals surface area contributed by atoms with Crippen molar-refractivity contribution in [2.75, 3.05) is 13.2 Å². The van der Waals surface area contributed by atoms with Crippen LogP contribution in [-0.2, 0) is 19.1 Å². The molecule has 33 heavy (non-hydrogen) atoms. The summed E-state index contributed by atoms with van der Waals surface area (Å²) >= 11 is 0. The van der Waals surface area contributed by atoms with E-state index in [1.807, 2.05) is 6.08 Å². The second kappa shape index (κ2) is 26.9. The zero-order valence-electron chi connectivity index (χ0n) is 22.1. The highest BCUT2D eigenvalue weighted by Gasteiger charge is 2.07. The molecule has 0 N–H and O–H groups in total. The maximum atomic E-state index is 11.7. The Kier molecular flexibility index (Phi) is 25.9. The lowest BCUT2D eigenvalue weighted by Gasteiger charge is -2.06. The summed E-state index contributed by atoms with van der Waals surface area (Å²) in [6.07, 6.45) is 28.3. The minimum Gasteiger partial charge on any atom is -0.466 e. The molecule has 4 heteroatoms. The summed E-state index contributed by atoms with van der Waals surface area (Å²) < 4.78 is 10.4. The molecule has 0 atom stereocenters. The largest absolute Gasteiger partial charge is 0.466 e. The lowest BCUT2D eigenvalue weighted by atomic mass is 10.0. The summed E-state index contributed by atoms with van der Waals surface area (Å²) in [5, 5.41) is 0. The minimum absolute atomic E-state index is 0.199. The zero-order valence-corrected chi connectivity index (χ0v) is 22.1. The van der Waals surface area contributed by atoms with Crippen LogP contribution < -0.4 is 0 Å². The van der Waals surface area contributed by atoms with Crippen LogP contribution in [0.1, 0.15) is 149 Å². The summed E-state index contributed by atoms with van der Waals surface area (Å²) in [4.78, 5) is 23.3. The summed E-state index contributed by atoms with van der Waals surface area (Å²) in [7, 11) is 0. The minimum atomic E-state index is -0.231. The summed E-state index contributed by atoms with van der Waals surface area (Å²) in [5.41, 5.74) is 0. The molecule has 0 saturated heterocycles. The first-order valence-electron chi connectivity index (χ1n) is 14.2. The first kappa shape index (κ1) is 31.7. The number of unbranched alkanes of at least 4 members (excludes halogenated alkanes) is 15. The molecule has 194 valence electrons. The van der Waals surface area contributed by atoms with E-state index in [0.717, 1.165) is 25.7 Å². The van der Waals surface area contributed by atoms with E-state index in [-0.39, 0.29) is 18.4 Å². The number of ether oxygens (including phenoxy) is 2. The Labute approximate surface area is 205 Å². The predicted molar refractivity (Wildman–Crippen MR) is 139 cm³/mol. The molecule has 0 aromatic rings. The van der Waals surface area contributed by atoms with Crippen molar-refractivity contribution in [3.05, 3.63) is 12.2 Å². The number of carbonyl (C=O) groups is 2. The third kappa shape index (κ3) is 26.8. The third-order valence-corrected chi connectivity index (χ3v) is 5.97. The van der Waals surface area contributed by atoms with Gasteiger partial charge in [-0.25, -0.2) is 0 Å². The monoisotopic (exact) mass is 466 g/mol. The number of hydrogen-bond acceptors (Lipinski definition) is 4. The zero-order chi connectivity index (χ0) is 24.2. The molecule has 0 aliphatic carbocycles. The quantitative estimate of drug-likeness (QED) is 0.0765. The second-order valence-electron chi connectivity index (χ2n) is 9.27. The second-order valence-corrected chi connectivity index (χ2v) is 9.27. The maximum Gasteiger partial charge on any atom is 0.305 e. The summed E-state index contributed by atoms with van der Waals surface area (Å²) in [5.74, 6) is -0.430. The van der Waals surface area contributed by atoms with E-state index >= 15 is 0 Å². The molecular weight excluding hydrogens is 412 g/mol. The number of carbonyl (C=O) groups excluding carboxylic acids is 2. The van der Waals surface area contributed by atoms with Crippen molar-refractivity contribution in [2.45, 2.75) is 149 Å². The van der Waals surface area contributed by atoms with Crippen molar-refractivity contribution in [3.63, 3.8) is 0 Å². The molecule has 0 fully saturated rings. The SMILES string of the molecule is CC/C=C\CCOC(=O)CCCC(=O)OCCCCCCCCCCCCCCCCCC. The van der Waals surface area contributed by atoms with Gasteiger partial charge in [-0.15, -0.1) is 0 Å². The molecule has 0 heterocycles. The standard InChI is InChI=1S/C29H54O4/c1-3-5-7-9-10-11-12-13-14-15-16-17-18-19-20-22-27-33-29(31)25-23-24-28(30)32-26-21-8-6-4-2/h6,8H,3-5,7,9-27H2,1-2H3/b8-6-. The Balaban J connectivity index is 3.25. The van der Waals surface area contributed by atoms with Gasteiger partial charge in [0.15, 0.2) is 0 Å². The van der Waals surface area contributed by atoms with Crippen molar-refractivity contribution in [1.29, 1.82) is 0 Å². The Morgan fingerprint density at radius 2 is 0.939 bits per heavy atom. The van der Waals surface area contributed by atoms with Gasteiger partial charge >= 0.3 is 11.9 Å². The first-order valence-corrected chi connectivity index (χ1v) is 14.2. The molecule has 0 bridgehead atoms. The average Bonchev–Trinajstić information content (AvgIpc) is 2.81. The molecule has 0 rings (SSSR count). The van der Waals surface area contributed by atoms with Gasteiger partial charge in [0, 0.05) is 12.8 Å². The Bertz CT molecular complexity index is 459. The van der Waals surface area contributed by atoms with Crippen LogP contribution in [-0.4, -0.2) is 25.2 Å². The van der Waals surface area contributed by atoms with E-state index in [0.29, 0.717) is 26.1 Å². The van der Waals surface area contributed by atoms with Gasteiger partial charge < -0.3 is 9.47 Å². The van der Waals surface area contributed by atoms with E-state index in [1.165, 1.54) is 89.9 Å². The smallest absolute Gasteiger partial charge is 0.305 e. The van der Waals surface area contributed by atoms with Crippen LogP contribution in [0.25, 0.3) is 0 Å². The van der Waals surface area contributed by atoms with E-state index in [2.05, 4.69) is 19.9 Å². The van der Waals surface area contributed by atoms with Gasteiger partial charge in [0.2, 0.25) is 0 Å². The van der Waals surface area contributed by atoms with E-state index in [1.54, 1.807) is 0 Å². The molecule has 0 saturated carbocycles. The van der Waals surface area contributed by atoms with Gasteiger partial charge in [0.25, 0.3) is 0 Å². The molecular formula is C29H54O4. The molecule has 0 spiro atoms. The van der Waals surface area contributed by atoms with Crippen molar-refractivity contribution in [3.8, 4) is 0 Å². The highest BCUT2D eigenvalue weighted by molar-refractivity contribution is 5.72. The van der Waals surface area contributed by atoms with Gasteiger partial charge in [0.1, 0.15) is 0 Å². The molecule has 0 aliphatic rings. The fourth-order valence-electron chi connectivity index (χ4n) is 3.88. The predicted octanol–water partition coefficient (Wildman–Crippen LogP) is 8.86. The van der Waals surface area contributed by atoms with E-state index in [4.69, 9.17) is 9.47 Å². The van der Waals surface area contributed by atoms with Gasteiger partial charge in [-0.05, 0) is 25.7 Å². The van der Waals surface area contributed by atoms with Crippen LogP contribution in [0.3, 0.4) is 0 Å². The van der Waals surface area contributed by atoms with Crippen molar-refractivity contribution in [1.82, 2.24) is 0 Å². The molecule has 0 radical (unpaired) electrons. The number of hydrogen-bond donors (Lipinski definition) is 0. The van der Waals surface area contributed by atoms with Crippen molar-refractivity contribution >= 4 is 11.9 Å². The van der Waals surface area contributed by atoms with Gasteiger partial charge in [0.05, 0.1) is 13.2 Å². The topological polar surface area (TPSA) is 52.6 Å². The average molecular weight is 467 g/mol. The molecule has 0 amide bonds. The molecule has 0 aliphatic heterocycles. The first-order chi connectivity index (χ1) is 16.2. The van der Waals surface area contributed by atoms with Gasteiger partial charge in [-0.2, -0.15) is 0 Å². The molecule has 0 unspecified atom stereocenters. The van der Waals surface area contributed by atoms with Gasteiger partial charge in [-0.1, -0.05) is 122 Å². The van der Waals surface area contributed by atoms with E-state index in [9.17, 15) is 9.59 Å². The Hall–Kier alpha value is -1.32. The lowest BCUT2D eigenvalue weighted by molar-refractivity contribution is -0.145. The number of allylic oxidation sites excluding steroid dienone is 1. The maximum absolute atomic E-state index is 11.7. The van der Waals surface area contributed by atoms with Crippen LogP contribution in [0.4, 0.5) is 0 Å². The van der Waals surface area contributed by atoms with Crippen molar-refractivity contribution < 1.29 is 19.1 Å². The van der Waals surface area contributed by atoms with Gasteiger partial charge in [-0.3, -0.25) is 9.59 Å². The fourth-order valence-corrected chi connectivity index (χ4v) is 3.88. The molecule has 0 aromatic carbocycles. The number of esters is 2. The molecule has 0 aromatic heterocycles. The summed E-state index contributed by atoms with van der Waals surface area (Å²) in [6, 6.07) is 0. The highest BCUT2D eigenvalue weighted by Crippen LogP contribution is 2.13. The van der Waals surface area contributed by atoms with Crippen LogP contribution in [0.5, 0.6) is 0 Å². The normalized spacial score (nSPS) is 11.2. The fraction of sp³-hybridized carbons (Fsp3) is 0.862. The lowest BCUT2D eigenvalue weighted by Crippen LogP contribution is -2.09. The van der Waals surface area contributed by atoms with Crippen LogP contribution >= 0.6 is 0 Å². The highest BCUT2D eigenvalue weighted by atomic mass is 16.5. The molecule has 4 nitrogen and oxygen atoms in total. The Morgan fingerprint density at radius 1 is 0.515 bits per heavy atom. The van der Waals surface area contributed by atoms with Crippen molar-refractivity contribution in [2.24, 2.45) is 0 Å².